The van der Waals surface area contributed by atoms with Gasteiger partial charge in [0.1, 0.15) is 28.8 Å². The Kier molecular flexibility index (Phi) is 8.26. The van der Waals surface area contributed by atoms with Crippen molar-refractivity contribution in [2.24, 2.45) is 11.7 Å². The molecule has 0 spiro atoms. The molecule has 2 aromatic carbocycles. The quantitative estimate of drug-likeness (QED) is 0.526. The van der Waals surface area contributed by atoms with Crippen LogP contribution in [0.25, 0.3) is 11.1 Å². The molecule has 2 fully saturated rings. The van der Waals surface area contributed by atoms with Crippen LogP contribution in [-0.2, 0) is 4.79 Å². The molecule has 1 atom stereocenters. The molecule has 0 aromatic heterocycles. The van der Waals surface area contributed by atoms with Gasteiger partial charge in [-0.05, 0) is 94.8 Å². The maximum atomic E-state index is 15.1. The van der Waals surface area contributed by atoms with Crippen molar-refractivity contribution in [2.75, 3.05) is 32.8 Å². The summed E-state index contributed by atoms with van der Waals surface area (Å²) in [6.45, 7) is 7.52. The Balaban J connectivity index is 1.52. The number of halogens is 2. The molecule has 0 aliphatic carbocycles. The molecule has 4 rings (SSSR count). The van der Waals surface area contributed by atoms with Crippen molar-refractivity contribution in [2.45, 2.75) is 57.7 Å². The molecule has 7 nitrogen and oxygen atoms in total. The van der Waals surface area contributed by atoms with Gasteiger partial charge in [-0.1, -0.05) is 18.2 Å². The average Bonchev–Trinajstić information content (AvgIpc) is 3.30. The lowest BCUT2D eigenvalue weighted by Gasteiger charge is -2.34. The molecular weight excluding hydrogens is 502 g/mol. The van der Waals surface area contributed by atoms with Gasteiger partial charge in [-0.3, -0.25) is 9.59 Å². The molecule has 2 heterocycles. The minimum Gasteiger partial charge on any atom is -0.492 e. The highest BCUT2D eigenvalue weighted by molar-refractivity contribution is 6.04. The lowest BCUT2D eigenvalue weighted by molar-refractivity contribution is -0.126. The van der Waals surface area contributed by atoms with Crippen molar-refractivity contribution in [3.63, 3.8) is 0 Å². The van der Waals surface area contributed by atoms with Gasteiger partial charge in [0.15, 0.2) is 0 Å². The number of alkyl halides is 1. The molecule has 0 unspecified atom stereocenters. The summed E-state index contributed by atoms with van der Waals surface area (Å²) in [6.07, 6.45) is 2.76. The van der Waals surface area contributed by atoms with E-state index in [-0.39, 0.29) is 11.1 Å². The predicted octanol–water partition coefficient (Wildman–Crippen LogP) is 4.68. The number of primary amides is 1. The number of carbonyl (C=O) groups excluding carboxylic acids is 2. The minimum atomic E-state index is -1.23. The fraction of sp³-hybridized carbons (Fsp3) is 0.500. The van der Waals surface area contributed by atoms with Crippen LogP contribution in [0.3, 0.4) is 0 Å². The fourth-order valence-corrected chi connectivity index (χ4v) is 5.62. The van der Waals surface area contributed by atoms with E-state index in [1.807, 2.05) is 0 Å². The first kappa shape index (κ1) is 28.5. The van der Waals surface area contributed by atoms with Crippen molar-refractivity contribution in [3.05, 3.63) is 53.3 Å². The van der Waals surface area contributed by atoms with Crippen LogP contribution in [0.4, 0.5) is 8.78 Å². The summed E-state index contributed by atoms with van der Waals surface area (Å²) in [5.74, 6) is -1.24. The minimum absolute atomic E-state index is 0.160. The van der Waals surface area contributed by atoms with E-state index in [4.69, 9.17) is 10.5 Å². The molecule has 2 aliphatic rings. The summed E-state index contributed by atoms with van der Waals surface area (Å²) in [4.78, 5) is 29.2. The van der Waals surface area contributed by atoms with E-state index in [0.29, 0.717) is 55.3 Å². The topological polar surface area (TPSA) is 99.7 Å². The number of hydrogen-bond donors (Lipinski definition) is 1. The van der Waals surface area contributed by atoms with Gasteiger partial charge in [-0.25, -0.2) is 8.78 Å². The van der Waals surface area contributed by atoms with Gasteiger partial charge >= 0.3 is 0 Å². The number of hydrogen-bond acceptors (Lipinski definition) is 5. The molecule has 9 heteroatoms. The second-order valence-electron chi connectivity index (χ2n) is 11.4. The second-order valence-corrected chi connectivity index (χ2v) is 11.4. The molecule has 2 amide bonds. The highest BCUT2D eigenvalue weighted by atomic mass is 19.1. The summed E-state index contributed by atoms with van der Waals surface area (Å²) in [7, 11) is 0. The number of carbonyl (C=O) groups is 2. The fourth-order valence-electron chi connectivity index (χ4n) is 5.62. The van der Waals surface area contributed by atoms with E-state index in [1.54, 1.807) is 45.0 Å². The zero-order valence-electron chi connectivity index (χ0n) is 22.8. The Hall–Kier alpha value is -3.51. The highest BCUT2D eigenvalue weighted by Crippen LogP contribution is 2.35. The Morgan fingerprint density at radius 1 is 1.21 bits per heavy atom. The second kappa shape index (κ2) is 11.3. The molecule has 0 bridgehead atoms. The third-order valence-corrected chi connectivity index (χ3v) is 7.84. The molecule has 0 radical (unpaired) electrons. The van der Waals surface area contributed by atoms with Gasteiger partial charge in [0.25, 0.3) is 5.91 Å². The number of nitriles is 1. The number of ether oxygens (including phenoxy) is 1. The predicted molar refractivity (Wildman–Crippen MR) is 144 cm³/mol. The number of likely N-dealkylation sites (tertiary alicyclic amines) is 2. The van der Waals surface area contributed by atoms with Crippen molar-refractivity contribution >= 4 is 11.8 Å². The first-order valence-corrected chi connectivity index (χ1v) is 13.4. The Morgan fingerprint density at radius 2 is 1.92 bits per heavy atom. The molecule has 39 heavy (non-hydrogen) atoms. The lowest BCUT2D eigenvalue weighted by Crippen LogP contribution is -2.54. The summed E-state index contributed by atoms with van der Waals surface area (Å²) < 4.78 is 35.1. The first-order valence-electron chi connectivity index (χ1n) is 13.4. The van der Waals surface area contributed by atoms with E-state index >= 15 is 4.39 Å². The number of nitrogens with two attached hydrogens (primary N) is 1. The van der Waals surface area contributed by atoms with Gasteiger partial charge in [-0.15, -0.1) is 0 Å². The summed E-state index contributed by atoms with van der Waals surface area (Å²) in [6, 6.07) is 11.4. The first-order chi connectivity index (χ1) is 18.4. The maximum absolute atomic E-state index is 15.1. The molecule has 2 N–H and O–H groups in total. The van der Waals surface area contributed by atoms with Crippen LogP contribution in [0, 0.1) is 23.1 Å². The van der Waals surface area contributed by atoms with Crippen LogP contribution in [0.15, 0.2) is 36.4 Å². The Morgan fingerprint density at radius 3 is 2.56 bits per heavy atom. The van der Waals surface area contributed by atoms with Crippen LogP contribution < -0.4 is 10.5 Å². The SMILES string of the molecule is CC(C)(F)CN1CCC(COc2ccc(-c3cccc(F)c3C(=O)N3CCC[C@@]3(C)C(N)=O)cc2C#N)CC1. The standard InChI is InChI=1S/C30H36F2N4O3/c1-29(2,32)19-35-14-10-20(11-15-35)18-39-25-9-8-21(16-22(25)17-33)23-6-4-7-24(31)26(23)27(37)36-13-5-12-30(36,3)28(34)38/h4,6-9,16,20H,5,10-15,18-19H2,1-3H3,(H2,34,38)/t30-/m0/s1. The van der Waals surface area contributed by atoms with E-state index in [9.17, 15) is 19.2 Å². The van der Waals surface area contributed by atoms with Gasteiger partial charge in [0, 0.05) is 13.1 Å². The van der Waals surface area contributed by atoms with Gasteiger partial charge in [0.05, 0.1) is 17.7 Å². The molecule has 2 saturated heterocycles. The number of amides is 2. The molecule has 2 aromatic rings. The molecule has 208 valence electrons. The normalized spacial score (nSPS) is 20.6. The van der Waals surface area contributed by atoms with Crippen LogP contribution in [0.2, 0.25) is 0 Å². The Labute approximate surface area is 228 Å². The summed E-state index contributed by atoms with van der Waals surface area (Å²) in [5, 5.41) is 9.83. The van der Waals surface area contributed by atoms with Crippen LogP contribution in [-0.4, -0.2) is 65.6 Å². The smallest absolute Gasteiger partial charge is 0.258 e. The average molecular weight is 539 g/mol. The van der Waals surface area contributed by atoms with E-state index in [0.717, 1.165) is 25.9 Å². The molecule has 0 saturated carbocycles. The number of piperidine rings is 1. The zero-order valence-corrected chi connectivity index (χ0v) is 22.8. The third kappa shape index (κ3) is 6.22. The number of nitrogens with zero attached hydrogens (tertiary/aromatic N) is 3. The van der Waals surface area contributed by atoms with Crippen molar-refractivity contribution in [1.29, 1.82) is 5.26 Å². The van der Waals surface area contributed by atoms with E-state index in [2.05, 4.69) is 11.0 Å². The largest absolute Gasteiger partial charge is 0.492 e. The van der Waals surface area contributed by atoms with Gasteiger partial charge in [-0.2, -0.15) is 5.26 Å². The maximum Gasteiger partial charge on any atom is 0.258 e. The van der Waals surface area contributed by atoms with Crippen LogP contribution in [0.1, 0.15) is 62.4 Å². The monoisotopic (exact) mass is 538 g/mol. The number of benzene rings is 2. The third-order valence-electron chi connectivity index (χ3n) is 7.84. The van der Waals surface area contributed by atoms with Gasteiger partial charge in [0.2, 0.25) is 5.91 Å². The summed E-state index contributed by atoms with van der Waals surface area (Å²) >= 11 is 0. The summed E-state index contributed by atoms with van der Waals surface area (Å²) in [5.41, 5.74) is 4.11. The van der Waals surface area contributed by atoms with Crippen LogP contribution in [0.5, 0.6) is 5.75 Å². The van der Waals surface area contributed by atoms with Crippen LogP contribution >= 0.6 is 0 Å². The zero-order chi connectivity index (χ0) is 28.4. The van der Waals surface area contributed by atoms with E-state index < -0.39 is 28.8 Å². The van der Waals surface area contributed by atoms with Crippen molar-refractivity contribution in [1.82, 2.24) is 9.80 Å². The van der Waals surface area contributed by atoms with E-state index in [1.165, 1.54) is 17.0 Å². The van der Waals surface area contributed by atoms with Crippen molar-refractivity contribution < 1.29 is 23.1 Å². The number of rotatable bonds is 8. The van der Waals surface area contributed by atoms with Crippen molar-refractivity contribution in [3.8, 4) is 22.9 Å². The lowest BCUT2D eigenvalue weighted by atomic mass is 9.94. The highest BCUT2D eigenvalue weighted by Gasteiger charge is 2.45. The molecule has 2 aliphatic heterocycles. The molecular formula is C30H36F2N4O3. The Bertz CT molecular complexity index is 1280. The van der Waals surface area contributed by atoms with Gasteiger partial charge < -0.3 is 20.3 Å².